The molecule has 0 aliphatic carbocycles. The van der Waals surface area contributed by atoms with Gasteiger partial charge in [-0.15, -0.1) is 0 Å². The smallest absolute Gasteiger partial charge is 0.00499 e. The van der Waals surface area contributed by atoms with Gasteiger partial charge in [-0.3, -0.25) is 0 Å². The van der Waals surface area contributed by atoms with Crippen LogP contribution in [0.5, 0.6) is 0 Å². The number of hydrogen-bond donors (Lipinski definition) is 1. The van der Waals surface area contributed by atoms with Gasteiger partial charge in [0.1, 0.15) is 0 Å². The monoisotopic (exact) mass is 254 g/mol. The first kappa shape index (κ1) is 16.0. The second-order valence-corrected chi connectivity index (χ2v) is 6.70. The van der Waals surface area contributed by atoms with Gasteiger partial charge in [-0.25, -0.2) is 0 Å². The second kappa shape index (κ2) is 7.49. The van der Waals surface area contributed by atoms with Crippen molar-refractivity contribution in [2.24, 2.45) is 11.3 Å². The van der Waals surface area contributed by atoms with Crippen LogP contribution in [-0.4, -0.2) is 37.1 Å². The minimum Gasteiger partial charge on any atom is -0.314 e. The third-order valence-electron chi connectivity index (χ3n) is 4.82. The van der Waals surface area contributed by atoms with E-state index in [1.165, 1.54) is 51.9 Å². The van der Waals surface area contributed by atoms with E-state index in [0.717, 1.165) is 5.92 Å². The predicted octanol–water partition coefficient (Wildman–Crippen LogP) is 3.52. The predicted molar refractivity (Wildman–Crippen MR) is 81.0 cm³/mol. The van der Waals surface area contributed by atoms with Gasteiger partial charge >= 0.3 is 0 Å². The van der Waals surface area contributed by atoms with Gasteiger partial charge in [-0.05, 0) is 50.1 Å². The summed E-state index contributed by atoms with van der Waals surface area (Å²) in [6, 6.07) is 0.601. The molecule has 0 unspecified atom stereocenters. The van der Waals surface area contributed by atoms with Gasteiger partial charge in [-0.2, -0.15) is 0 Å². The number of hydrogen-bond acceptors (Lipinski definition) is 2. The third-order valence-corrected chi connectivity index (χ3v) is 4.82. The molecule has 2 heteroatoms. The molecule has 0 saturated carbocycles. The van der Waals surface area contributed by atoms with Crippen molar-refractivity contribution in [3.63, 3.8) is 0 Å². The van der Waals surface area contributed by atoms with E-state index in [9.17, 15) is 0 Å². The second-order valence-electron chi connectivity index (χ2n) is 6.70. The lowest BCUT2D eigenvalue weighted by molar-refractivity contribution is 0.102. The quantitative estimate of drug-likeness (QED) is 0.748. The van der Waals surface area contributed by atoms with Crippen LogP contribution in [0.2, 0.25) is 0 Å². The van der Waals surface area contributed by atoms with Crippen LogP contribution in [0.25, 0.3) is 0 Å². The Morgan fingerprint density at radius 3 is 2.17 bits per heavy atom. The van der Waals surface area contributed by atoms with E-state index in [1.54, 1.807) is 0 Å². The molecule has 1 fully saturated rings. The SMILES string of the molecule is CCC(CC)(CNC(C)C)CN1CCC(C)CC1. The van der Waals surface area contributed by atoms with E-state index in [2.05, 4.69) is 44.8 Å². The molecule has 0 amide bonds. The first-order chi connectivity index (χ1) is 8.51. The van der Waals surface area contributed by atoms with Crippen LogP contribution >= 0.6 is 0 Å². The Morgan fingerprint density at radius 1 is 1.17 bits per heavy atom. The lowest BCUT2D eigenvalue weighted by Gasteiger charge is -2.40. The van der Waals surface area contributed by atoms with Gasteiger partial charge in [0.2, 0.25) is 0 Å². The molecular formula is C16H34N2. The Balaban J connectivity index is 2.50. The molecule has 108 valence electrons. The zero-order chi connectivity index (χ0) is 13.6. The summed E-state index contributed by atoms with van der Waals surface area (Å²) in [6.07, 6.45) is 5.35. The minimum absolute atomic E-state index is 0.477. The first-order valence-electron chi connectivity index (χ1n) is 7.97. The molecule has 0 aromatic carbocycles. The normalized spacial score (nSPS) is 19.7. The van der Waals surface area contributed by atoms with E-state index in [4.69, 9.17) is 0 Å². The molecule has 0 radical (unpaired) electrons. The van der Waals surface area contributed by atoms with Crippen molar-refractivity contribution in [1.29, 1.82) is 0 Å². The fourth-order valence-corrected chi connectivity index (χ4v) is 2.89. The van der Waals surface area contributed by atoms with Crippen LogP contribution in [-0.2, 0) is 0 Å². The van der Waals surface area contributed by atoms with Crippen molar-refractivity contribution in [3.05, 3.63) is 0 Å². The summed E-state index contributed by atoms with van der Waals surface area (Å²) in [5.41, 5.74) is 0.477. The van der Waals surface area contributed by atoms with Crippen LogP contribution in [0.3, 0.4) is 0 Å². The van der Waals surface area contributed by atoms with Crippen molar-refractivity contribution >= 4 is 0 Å². The first-order valence-corrected chi connectivity index (χ1v) is 7.97. The molecule has 0 spiro atoms. The zero-order valence-electron chi connectivity index (χ0n) is 13.3. The fourth-order valence-electron chi connectivity index (χ4n) is 2.89. The lowest BCUT2D eigenvalue weighted by atomic mass is 9.80. The number of nitrogens with zero attached hydrogens (tertiary/aromatic N) is 1. The Labute approximate surface area is 115 Å². The summed E-state index contributed by atoms with van der Waals surface area (Å²) in [6.45, 7) is 16.7. The van der Waals surface area contributed by atoms with E-state index in [-0.39, 0.29) is 0 Å². The maximum absolute atomic E-state index is 3.66. The van der Waals surface area contributed by atoms with Crippen LogP contribution in [0, 0.1) is 11.3 Å². The van der Waals surface area contributed by atoms with E-state index in [1.807, 2.05) is 0 Å². The van der Waals surface area contributed by atoms with Crippen molar-refractivity contribution in [3.8, 4) is 0 Å². The summed E-state index contributed by atoms with van der Waals surface area (Å²) < 4.78 is 0. The number of rotatable bonds is 7. The summed E-state index contributed by atoms with van der Waals surface area (Å²) in [7, 11) is 0. The van der Waals surface area contributed by atoms with Gasteiger partial charge in [-0.1, -0.05) is 34.6 Å². The van der Waals surface area contributed by atoms with E-state index < -0.39 is 0 Å². The lowest BCUT2D eigenvalue weighted by Crippen LogP contribution is -2.47. The highest BCUT2D eigenvalue weighted by Gasteiger charge is 2.30. The maximum Gasteiger partial charge on any atom is 0.00499 e. The molecule has 1 heterocycles. The Morgan fingerprint density at radius 2 is 1.72 bits per heavy atom. The van der Waals surface area contributed by atoms with Crippen LogP contribution < -0.4 is 5.32 Å². The van der Waals surface area contributed by atoms with E-state index in [0.29, 0.717) is 11.5 Å². The molecule has 1 rings (SSSR count). The molecule has 2 nitrogen and oxygen atoms in total. The molecule has 0 atom stereocenters. The Kier molecular flexibility index (Phi) is 6.65. The third kappa shape index (κ3) is 4.89. The van der Waals surface area contributed by atoms with Gasteiger partial charge in [0.15, 0.2) is 0 Å². The molecule has 1 saturated heterocycles. The average Bonchev–Trinajstić information content (AvgIpc) is 2.37. The molecule has 1 N–H and O–H groups in total. The highest BCUT2D eigenvalue weighted by molar-refractivity contribution is 4.85. The minimum atomic E-state index is 0.477. The highest BCUT2D eigenvalue weighted by atomic mass is 15.1. The van der Waals surface area contributed by atoms with Crippen LogP contribution in [0.15, 0.2) is 0 Å². The maximum atomic E-state index is 3.66. The fraction of sp³-hybridized carbons (Fsp3) is 1.00. The molecule has 1 aliphatic rings. The van der Waals surface area contributed by atoms with Crippen molar-refractivity contribution in [2.45, 2.75) is 66.3 Å². The van der Waals surface area contributed by atoms with Gasteiger partial charge in [0.05, 0.1) is 0 Å². The standard InChI is InChI=1S/C16H34N2/c1-6-16(7-2,12-17-14(3)4)13-18-10-8-15(5)9-11-18/h14-15,17H,6-13H2,1-5H3. The summed E-state index contributed by atoms with van der Waals surface area (Å²) >= 11 is 0. The number of likely N-dealkylation sites (tertiary alicyclic amines) is 1. The summed E-state index contributed by atoms with van der Waals surface area (Å²) in [4.78, 5) is 2.70. The molecule has 0 bridgehead atoms. The van der Waals surface area contributed by atoms with Gasteiger partial charge < -0.3 is 10.2 Å². The number of nitrogens with one attached hydrogen (secondary N) is 1. The molecule has 1 aliphatic heterocycles. The van der Waals surface area contributed by atoms with Crippen molar-refractivity contribution in [1.82, 2.24) is 10.2 Å². The summed E-state index contributed by atoms with van der Waals surface area (Å²) in [5, 5.41) is 3.66. The Hall–Kier alpha value is -0.0800. The zero-order valence-corrected chi connectivity index (χ0v) is 13.3. The topological polar surface area (TPSA) is 15.3 Å². The van der Waals surface area contributed by atoms with Crippen molar-refractivity contribution < 1.29 is 0 Å². The van der Waals surface area contributed by atoms with Gasteiger partial charge in [0, 0.05) is 19.1 Å². The van der Waals surface area contributed by atoms with Crippen LogP contribution in [0.4, 0.5) is 0 Å². The van der Waals surface area contributed by atoms with E-state index >= 15 is 0 Å². The highest BCUT2D eigenvalue weighted by Crippen LogP contribution is 2.29. The van der Waals surface area contributed by atoms with Crippen molar-refractivity contribution in [2.75, 3.05) is 26.2 Å². The Bertz CT molecular complexity index is 213. The average molecular weight is 254 g/mol. The molecule has 18 heavy (non-hydrogen) atoms. The molecular weight excluding hydrogens is 220 g/mol. The number of piperidine rings is 1. The molecule has 0 aromatic rings. The van der Waals surface area contributed by atoms with Gasteiger partial charge in [0.25, 0.3) is 0 Å². The molecule has 0 aromatic heterocycles. The summed E-state index contributed by atoms with van der Waals surface area (Å²) in [5.74, 6) is 0.938. The largest absolute Gasteiger partial charge is 0.314 e. The van der Waals surface area contributed by atoms with Crippen LogP contribution in [0.1, 0.15) is 60.3 Å².